The van der Waals surface area contributed by atoms with Crippen molar-refractivity contribution in [3.63, 3.8) is 0 Å². The molecule has 0 aromatic heterocycles. The number of amides is 3. The number of carbonyl (C=O) groups is 3. The second kappa shape index (κ2) is 13.9. The third-order valence-electron chi connectivity index (χ3n) is 6.33. The number of nitrogens with zero attached hydrogens (tertiary/aromatic N) is 2. The van der Waals surface area contributed by atoms with Crippen molar-refractivity contribution in [2.75, 3.05) is 26.2 Å². The van der Waals surface area contributed by atoms with Gasteiger partial charge in [-0.1, -0.05) is 34.4 Å². The summed E-state index contributed by atoms with van der Waals surface area (Å²) in [6.07, 6.45) is -21.9. The predicted molar refractivity (Wildman–Crippen MR) is 142 cm³/mol. The van der Waals surface area contributed by atoms with Crippen LogP contribution >= 0.6 is 23.2 Å². The third-order valence-corrected chi connectivity index (χ3v) is 6.77. The van der Waals surface area contributed by atoms with Crippen molar-refractivity contribution in [1.29, 1.82) is 0 Å². The van der Waals surface area contributed by atoms with Crippen LogP contribution in [0.5, 0.6) is 0 Å². The van der Waals surface area contributed by atoms with E-state index in [1.165, 1.54) is 10.6 Å². The van der Waals surface area contributed by atoms with Crippen molar-refractivity contribution in [1.82, 2.24) is 15.5 Å². The fourth-order valence-electron chi connectivity index (χ4n) is 4.22. The minimum absolute atomic E-state index is 0.0601. The second-order valence-corrected chi connectivity index (χ2v) is 10.9. The first-order chi connectivity index (χ1) is 21.8. The molecule has 0 radical (unpaired) electrons. The highest BCUT2D eigenvalue weighted by atomic mass is 35.5. The molecule has 2 aromatic carbocycles. The molecule has 2 N–H and O–H groups in total. The number of rotatable bonds is 9. The lowest BCUT2D eigenvalue weighted by atomic mass is 9.86. The maximum Gasteiger partial charge on any atom is 0.435 e. The Morgan fingerprint density at radius 1 is 0.792 bits per heavy atom. The van der Waals surface area contributed by atoms with Crippen LogP contribution in [0.2, 0.25) is 10.0 Å². The van der Waals surface area contributed by atoms with Gasteiger partial charge in [-0.15, -0.1) is 0 Å². The van der Waals surface area contributed by atoms with Crippen LogP contribution < -0.4 is 10.6 Å². The van der Waals surface area contributed by atoms with E-state index >= 15 is 0 Å². The van der Waals surface area contributed by atoms with Crippen LogP contribution in [0, 0.1) is 0 Å². The summed E-state index contributed by atoms with van der Waals surface area (Å²) in [6, 6.07) is 4.05. The number of oxime groups is 1. The molecule has 22 heteroatoms. The SMILES string of the molecule is O=C(CN(CC(=O)NCC(F)(F)F)C(=O)c1ccc(C2=NOC(c3cc(Cl)cc(Cl)c3)(C(F)(F)F)C2)cc1C(F)(F)F)NCC(F)(F)F. The minimum atomic E-state index is -5.48. The second-order valence-electron chi connectivity index (χ2n) is 9.99. The summed E-state index contributed by atoms with van der Waals surface area (Å²) in [7, 11) is 0. The molecule has 1 aliphatic rings. The van der Waals surface area contributed by atoms with Crippen molar-refractivity contribution < 1.29 is 71.9 Å². The van der Waals surface area contributed by atoms with Gasteiger partial charge in [0.2, 0.25) is 11.8 Å². The molecule has 1 aliphatic heterocycles. The van der Waals surface area contributed by atoms with E-state index in [-0.39, 0.29) is 21.0 Å². The molecule has 1 atom stereocenters. The van der Waals surface area contributed by atoms with Gasteiger partial charge >= 0.3 is 24.7 Å². The molecule has 2 aromatic rings. The molecular formula is C26H18Cl2F12N4O4. The summed E-state index contributed by atoms with van der Waals surface area (Å²) in [4.78, 5) is 42.0. The molecule has 3 amide bonds. The molecule has 1 heterocycles. The van der Waals surface area contributed by atoms with Gasteiger partial charge in [0.05, 0.1) is 16.8 Å². The molecule has 0 saturated carbocycles. The fourth-order valence-corrected chi connectivity index (χ4v) is 4.74. The zero-order valence-electron chi connectivity index (χ0n) is 23.3. The van der Waals surface area contributed by atoms with Crippen molar-refractivity contribution >= 4 is 46.6 Å². The lowest BCUT2D eigenvalue weighted by Gasteiger charge is -2.29. The Labute approximate surface area is 270 Å². The van der Waals surface area contributed by atoms with Crippen LogP contribution in [0.1, 0.15) is 33.5 Å². The standard InChI is InChI=1S/C26H18Cl2F12N4O4/c27-14-4-13(5-15(28)6-14)22(26(38,39)40)7-18(43-48-22)12-1-2-16(17(3-12)25(35,36)37)21(47)44(8-19(45)41-10-23(29,30)31)9-20(46)42-11-24(32,33)34/h1-6H,7-11H2,(H,41,45)(H,42,46). The van der Waals surface area contributed by atoms with Crippen LogP contribution in [0.4, 0.5) is 52.7 Å². The molecule has 0 aliphatic carbocycles. The van der Waals surface area contributed by atoms with E-state index in [1.54, 1.807) is 0 Å². The molecule has 1 unspecified atom stereocenters. The predicted octanol–water partition coefficient (Wildman–Crippen LogP) is 6.39. The molecule has 8 nitrogen and oxygen atoms in total. The quantitative estimate of drug-likeness (QED) is 0.291. The van der Waals surface area contributed by atoms with Gasteiger partial charge < -0.3 is 20.4 Å². The van der Waals surface area contributed by atoms with Crippen LogP contribution in [-0.4, -0.2) is 73.0 Å². The van der Waals surface area contributed by atoms with Gasteiger partial charge in [-0.05, 0) is 30.3 Å². The summed E-state index contributed by atoms with van der Waals surface area (Å²) in [5.41, 5.74) is -8.54. The summed E-state index contributed by atoms with van der Waals surface area (Å²) in [5.74, 6) is -5.17. The summed E-state index contributed by atoms with van der Waals surface area (Å²) in [5, 5.41) is 5.40. The summed E-state index contributed by atoms with van der Waals surface area (Å²) in [6.45, 7) is -6.99. The van der Waals surface area contributed by atoms with Crippen molar-refractivity contribution in [3.8, 4) is 0 Å². The maximum atomic E-state index is 14.3. The Hall–Kier alpha value is -3.94. The Kier molecular flexibility index (Phi) is 11.1. The fraction of sp³-hybridized carbons (Fsp3) is 0.385. The van der Waals surface area contributed by atoms with Crippen LogP contribution in [0.15, 0.2) is 41.6 Å². The molecule has 3 rings (SSSR count). The van der Waals surface area contributed by atoms with Gasteiger partial charge in [0.15, 0.2) is 0 Å². The lowest BCUT2D eigenvalue weighted by Crippen LogP contribution is -2.48. The Bertz CT molecular complexity index is 1540. The number of alkyl halides is 12. The number of nitrogens with one attached hydrogen (secondary N) is 2. The van der Waals surface area contributed by atoms with Gasteiger partial charge in [0.25, 0.3) is 11.5 Å². The van der Waals surface area contributed by atoms with Crippen LogP contribution in [0.25, 0.3) is 0 Å². The number of benzene rings is 2. The first-order valence-electron chi connectivity index (χ1n) is 12.8. The summed E-state index contributed by atoms with van der Waals surface area (Å²) >= 11 is 11.6. The zero-order chi connectivity index (χ0) is 36.5. The van der Waals surface area contributed by atoms with Crippen molar-refractivity contribution in [2.45, 2.75) is 36.7 Å². The molecule has 48 heavy (non-hydrogen) atoms. The van der Waals surface area contributed by atoms with Crippen molar-refractivity contribution in [3.05, 3.63) is 68.7 Å². The van der Waals surface area contributed by atoms with E-state index in [1.807, 2.05) is 0 Å². The monoisotopic (exact) mass is 748 g/mol. The highest BCUT2D eigenvalue weighted by Gasteiger charge is 2.62. The topological polar surface area (TPSA) is 100 Å². The first kappa shape index (κ1) is 38.5. The molecular weight excluding hydrogens is 731 g/mol. The zero-order valence-corrected chi connectivity index (χ0v) is 24.8. The van der Waals surface area contributed by atoms with Crippen molar-refractivity contribution in [2.24, 2.45) is 5.16 Å². The number of carbonyl (C=O) groups excluding carboxylic acids is 3. The van der Waals surface area contributed by atoms with E-state index in [0.717, 1.165) is 18.2 Å². The Balaban J connectivity index is 2.00. The Morgan fingerprint density at radius 2 is 1.29 bits per heavy atom. The van der Waals surface area contributed by atoms with Gasteiger partial charge in [-0.2, -0.15) is 52.7 Å². The third kappa shape index (κ3) is 9.80. The number of hydrogen-bond acceptors (Lipinski definition) is 5. The number of halogens is 14. The number of hydrogen-bond donors (Lipinski definition) is 2. The van der Waals surface area contributed by atoms with Crippen LogP contribution in [0.3, 0.4) is 0 Å². The van der Waals surface area contributed by atoms with Gasteiger partial charge in [0.1, 0.15) is 26.2 Å². The summed E-state index contributed by atoms with van der Waals surface area (Å²) < 4.78 is 161. The smallest absolute Gasteiger partial charge is 0.374 e. The van der Waals surface area contributed by atoms with Crippen LogP contribution in [-0.2, 0) is 26.2 Å². The lowest BCUT2D eigenvalue weighted by molar-refractivity contribution is -0.275. The largest absolute Gasteiger partial charge is 0.435 e. The van der Waals surface area contributed by atoms with E-state index in [4.69, 9.17) is 28.0 Å². The molecule has 0 bridgehead atoms. The van der Waals surface area contributed by atoms with E-state index in [2.05, 4.69) is 5.16 Å². The molecule has 0 saturated heterocycles. The normalized spacial score (nSPS) is 17.0. The first-order valence-corrected chi connectivity index (χ1v) is 13.5. The highest BCUT2D eigenvalue weighted by molar-refractivity contribution is 6.34. The molecule has 0 fully saturated rings. The minimum Gasteiger partial charge on any atom is -0.374 e. The van der Waals surface area contributed by atoms with E-state index in [0.29, 0.717) is 12.1 Å². The maximum absolute atomic E-state index is 14.3. The Morgan fingerprint density at radius 3 is 1.73 bits per heavy atom. The van der Waals surface area contributed by atoms with Gasteiger partial charge in [-0.25, -0.2) is 0 Å². The molecule has 264 valence electrons. The van der Waals surface area contributed by atoms with Gasteiger partial charge in [-0.3, -0.25) is 14.4 Å². The van der Waals surface area contributed by atoms with E-state index in [9.17, 15) is 67.1 Å². The molecule has 0 spiro atoms. The van der Waals surface area contributed by atoms with Gasteiger partial charge in [0, 0.05) is 27.6 Å². The highest BCUT2D eigenvalue weighted by Crippen LogP contribution is 2.50. The average Bonchev–Trinajstić information content (AvgIpc) is 3.40. The average molecular weight is 749 g/mol. The van der Waals surface area contributed by atoms with E-state index < -0.39 is 109 Å².